The zero-order valence-corrected chi connectivity index (χ0v) is 59.3. The summed E-state index contributed by atoms with van der Waals surface area (Å²) < 4.78 is 25.3. The Morgan fingerprint density at radius 2 is 0.523 bits per heavy atom. The molecule has 11 heteroatoms. The Morgan fingerprint density at radius 1 is 0.225 bits per heavy atom. The van der Waals surface area contributed by atoms with Crippen LogP contribution in [0.1, 0.15) is 5.56 Å². The Balaban J connectivity index is 0.872. The average molecular weight is 1420 g/mol. The van der Waals surface area contributed by atoms with Crippen LogP contribution in [0, 0.1) is 11.3 Å². The number of aromatic nitrogens is 8. The van der Waals surface area contributed by atoms with Crippen molar-refractivity contribution >= 4 is 153 Å². The predicted octanol–water partition coefficient (Wildman–Crippen LogP) is 25.7. The first-order valence-corrected chi connectivity index (χ1v) is 37.4. The average Bonchev–Trinajstić information content (AvgIpc) is 1.55. The highest BCUT2D eigenvalue weighted by Crippen LogP contribution is 2.53. The second kappa shape index (κ2) is 23.3. The van der Waals surface area contributed by atoms with Crippen LogP contribution in [0.15, 0.2) is 355 Å². The van der Waals surface area contributed by atoms with E-state index in [0.717, 1.165) is 215 Å². The van der Waals surface area contributed by atoms with Gasteiger partial charge < -0.3 is 31.7 Å². The number of hydrogen-bond donors (Lipinski definition) is 0. The molecular formula is C100H57N9O2. The molecule has 24 aromatic rings. The molecule has 0 bridgehead atoms. The molecule has 0 aliphatic heterocycles. The minimum absolute atomic E-state index is 0.415. The summed E-state index contributed by atoms with van der Waals surface area (Å²) in [7, 11) is 0. The van der Waals surface area contributed by atoms with E-state index in [9.17, 15) is 5.26 Å². The van der Waals surface area contributed by atoms with E-state index in [1.807, 2.05) is 61.1 Å². The van der Waals surface area contributed by atoms with Gasteiger partial charge in [0.15, 0.2) is 0 Å². The van der Waals surface area contributed by atoms with Gasteiger partial charge in [0.05, 0.1) is 100 Å². The molecule has 0 saturated heterocycles. The van der Waals surface area contributed by atoms with Gasteiger partial charge in [-0.1, -0.05) is 212 Å². The SMILES string of the molecule is N#Cc1c(-n2c3ccccc3c3ncccc32)c(-n2c3ccccc3c3cc(-c4cccc(-c5cccc6c5oc5ccccc56)c4)ccc32)c(-n2c3ccccc3c3ncccc32)c(-n2c3ccccc3c3cc(-c4cccc(-c5cccc6c5oc5ccccc56)c4)ccc32)c1-n1c2ccccc2c2ncccc21. The molecule has 0 aliphatic rings. The van der Waals surface area contributed by atoms with E-state index in [0.29, 0.717) is 16.9 Å². The molecule has 0 spiro atoms. The fraction of sp³-hybridized carbons (Fsp3) is 0. The van der Waals surface area contributed by atoms with Crippen molar-refractivity contribution in [2.24, 2.45) is 0 Å². The van der Waals surface area contributed by atoms with E-state index in [1.54, 1.807) is 0 Å². The standard InChI is InChI=1S/C100H57N9O2/c101-58-78-94(107-81-39-10-3-30-73(81)91-86(107)42-19-51-102-91)96(105-79-37-8-1-26-67(79)76-56-61(47-49-84(76)105)59-22-15-24-63(54-59)65-33-17-35-71-69-28-6-13-45-89(69)110-99(65)71)98(109-83-41-12-5-32-75(83)93-88(109)44-21-53-104-93)97(95(78)108-82-40-11-4-31-74(82)92-87(108)43-20-52-103-92)106-80-38-9-2-27-68(80)77-57-62(48-50-85(77)106)60-23-16-25-64(55-60)66-34-18-36-72-70-29-7-14-46-90(70)111-100(66)72/h1-57H. The predicted molar refractivity (Wildman–Crippen MR) is 453 cm³/mol. The maximum Gasteiger partial charge on any atom is 0.143 e. The zero-order valence-electron chi connectivity index (χ0n) is 59.3. The molecule has 514 valence electrons. The topological polar surface area (TPSA) is 113 Å². The van der Waals surface area contributed by atoms with Crippen LogP contribution in [0.25, 0.3) is 226 Å². The Labute approximate surface area is 632 Å². The molecule has 24 rings (SSSR count). The lowest BCUT2D eigenvalue weighted by Crippen LogP contribution is -2.18. The number of hydrogen-bond acceptors (Lipinski definition) is 6. The van der Waals surface area contributed by atoms with Crippen molar-refractivity contribution in [3.05, 3.63) is 352 Å². The van der Waals surface area contributed by atoms with Crippen LogP contribution in [0.5, 0.6) is 0 Å². The third-order valence-electron chi connectivity index (χ3n) is 23.1. The summed E-state index contributed by atoms with van der Waals surface area (Å²) in [5.74, 6) is 0. The summed E-state index contributed by atoms with van der Waals surface area (Å²) >= 11 is 0. The monoisotopic (exact) mass is 1420 g/mol. The molecule has 11 nitrogen and oxygen atoms in total. The smallest absolute Gasteiger partial charge is 0.143 e. The van der Waals surface area contributed by atoms with Crippen LogP contribution >= 0.6 is 0 Å². The minimum atomic E-state index is 0.415. The summed E-state index contributed by atoms with van der Waals surface area (Å²) in [6, 6.07) is 120. The lowest BCUT2D eigenvalue weighted by atomic mass is 9.97. The van der Waals surface area contributed by atoms with Crippen molar-refractivity contribution in [3.63, 3.8) is 0 Å². The maximum atomic E-state index is 13.5. The summed E-state index contributed by atoms with van der Waals surface area (Å²) in [5.41, 5.74) is 27.2. The third-order valence-corrected chi connectivity index (χ3v) is 23.1. The van der Waals surface area contributed by atoms with Gasteiger partial charge in [-0.25, -0.2) is 0 Å². The highest BCUT2D eigenvalue weighted by molar-refractivity contribution is 6.19. The Kier molecular flexibility index (Phi) is 12.8. The minimum Gasteiger partial charge on any atom is -0.455 e. The van der Waals surface area contributed by atoms with Crippen LogP contribution in [0.3, 0.4) is 0 Å². The Hall–Kier alpha value is -15.4. The van der Waals surface area contributed by atoms with Crippen LogP contribution in [-0.2, 0) is 0 Å². The van der Waals surface area contributed by atoms with Crippen LogP contribution in [-0.4, -0.2) is 37.8 Å². The summed E-state index contributed by atoms with van der Waals surface area (Å²) in [6.07, 6.45) is 5.63. The molecule has 0 unspecified atom stereocenters. The molecule has 0 amide bonds. The summed E-state index contributed by atoms with van der Waals surface area (Å²) in [5, 5.41) is 24.8. The quantitative estimate of drug-likeness (QED) is 0.142. The first-order valence-electron chi connectivity index (χ1n) is 37.4. The van der Waals surface area contributed by atoms with Gasteiger partial charge >= 0.3 is 0 Å². The van der Waals surface area contributed by atoms with Crippen molar-refractivity contribution < 1.29 is 8.83 Å². The second-order valence-corrected chi connectivity index (χ2v) is 28.8. The molecule has 0 radical (unpaired) electrons. The number of pyridine rings is 3. The molecule has 111 heavy (non-hydrogen) atoms. The number of furan rings is 2. The largest absolute Gasteiger partial charge is 0.455 e. The van der Waals surface area contributed by atoms with Crippen molar-refractivity contribution in [1.82, 2.24) is 37.8 Å². The van der Waals surface area contributed by atoms with Crippen LogP contribution < -0.4 is 0 Å². The van der Waals surface area contributed by atoms with E-state index in [-0.39, 0.29) is 0 Å². The van der Waals surface area contributed by atoms with E-state index < -0.39 is 0 Å². The summed E-state index contributed by atoms with van der Waals surface area (Å²) in [6.45, 7) is 0. The lowest BCUT2D eigenvalue weighted by Gasteiger charge is -2.30. The van der Waals surface area contributed by atoms with Crippen molar-refractivity contribution in [2.75, 3.05) is 0 Å². The number of benzene rings is 14. The van der Waals surface area contributed by atoms with E-state index >= 15 is 0 Å². The van der Waals surface area contributed by atoms with Gasteiger partial charge in [-0.2, -0.15) is 5.26 Å². The highest BCUT2D eigenvalue weighted by atomic mass is 16.3. The Bertz CT molecular complexity index is 7630. The van der Waals surface area contributed by atoms with Gasteiger partial charge in [-0.3, -0.25) is 15.0 Å². The van der Waals surface area contributed by atoms with Gasteiger partial charge in [0.1, 0.15) is 34.0 Å². The van der Waals surface area contributed by atoms with E-state index in [2.05, 4.69) is 314 Å². The lowest BCUT2D eigenvalue weighted by molar-refractivity contribution is 0.669. The molecule has 0 saturated carbocycles. The number of nitrogens with zero attached hydrogens (tertiary/aromatic N) is 9. The van der Waals surface area contributed by atoms with E-state index in [4.69, 9.17) is 23.8 Å². The first kappa shape index (κ1) is 60.8. The number of para-hydroxylation sites is 9. The van der Waals surface area contributed by atoms with Crippen LogP contribution in [0.2, 0.25) is 0 Å². The Morgan fingerprint density at radius 3 is 0.937 bits per heavy atom. The molecule has 0 aliphatic carbocycles. The number of rotatable bonds is 9. The number of fused-ring (bicyclic) bond motifs is 21. The van der Waals surface area contributed by atoms with Gasteiger partial charge in [0, 0.05) is 89.0 Å². The first-order chi connectivity index (χ1) is 55.1. The summed E-state index contributed by atoms with van der Waals surface area (Å²) in [4.78, 5) is 15.8. The van der Waals surface area contributed by atoms with Gasteiger partial charge in [-0.05, 0) is 149 Å². The molecule has 10 heterocycles. The maximum absolute atomic E-state index is 13.5. The number of nitriles is 1. The third kappa shape index (κ3) is 8.63. The normalized spacial score (nSPS) is 12.1. The van der Waals surface area contributed by atoms with Gasteiger partial charge in [-0.15, -0.1) is 0 Å². The van der Waals surface area contributed by atoms with Crippen molar-refractivity contribution in [1.29, 1.82) is 5.26 Å². The fourth-order valence-electron chi connectivity index (χ4n) is 18.4. The molecule has 10 aromatic heterocycles. The molecule has 0 N–H and O–H groups in total. The van der Waals surface area contributed by atoms with Crippen molar-refractivity contribution in [3.8, 4) is 79.0 Å². The van der Waals surface area contributed by atoms with Gasteiger partial charge in [0.2, 0.25) is 0 Å². The van der Waals surface area contributed by atoms with Crippen molar-refractivity contribution in [2.45, 2.75) is 0 Å². The van der Waals surface area contributed by atoms with E-state index in [1.165, 1.54) is 0 Å². The fourth-order valence-corrected chi connectivity index (χ4v) is 18.4. The highest BCUT2D eigenvalue weighted by Gasteiger charge is 2.37. The molecular weight excluding hydrogens is 1360 g/mol. The zero-order chi connectivity index (χ0) is 72.7. The van der Waals surface area contributed by atoms with Crippen LogP contribution in [0.4, 0.5) is 0 Å². The molecule has 14 aromatic carbocycles. The molecule has 0 atom stereocenters. The van der Waals surface area contributed by atoms with Gasteiger partial charge in [0.25, 0.3) is 0 Å². The second-order valence-electron chi connectivity index (χ2n) is 28.8. The molecule has 0 fully saturated rings.